The molecule has 0 aliphatic carbocycles. The van der Waals surface area contributed by atoms with Gasteiger partial charge in [0, 0.05) is 27.1 Å². The Hall–Kier alpha value is -4.56. The zero-order valence-corrected chi connectivity index (χ0v) is 26.6. The fourth-order valence-electron chi connectivity index (χ4n) is 4.45. The standard InChI is InChI=1S/C33H27ClN4O4S2/c1-19(31(39)38-33-37-27(18-43-33)21-10-12-23(34)13-11-21)44-32-25(17-35)24(16-26(36-32)20-8-6-5-7-9-20)22-14-28(40-2)30(42-4)29(15-22)41-3/h5-16,18-19H,1-4H3,(H,37,38,39). The summed E-state index contributed by atoms with van der Waals surface area (Å²) in [6.07, 6.45) is 0. The van der Waals surface area contributed by atoms with Gasteiger partial charge in [0.2, 0.25) is 11.7 Å². The Balaban J connectivity index is 1.50. The van der Waals surface area contributed by atoms with Crippen molar-refractivity contribution < 1.29 is 19.0 Å². The zero-order valence-electron chi connectivity index (χ0n) is 24.3. The van der Waals surface area contributed by atoms with Crippen LogP contribution in [0.4, 0.5) is 5.13 Å². The Kier molecular flexibility index (Phi) is 9.70. The first-order valence-electron chi connectivity index (χ1n) is 13.3. The number of rotatable bonds is 10. The second-order valence-electron chi connectivity index (χ2n) is 9.42. The Bertz CT molecular complexity index is 1810. The molecular weight excluding hydrogens is 616 g/mol. The number of pyridine rings is 1. The number of benzene rings is 3. The van der Waals surface area contributed by atoms with Crippen molar-refractivity contribution in [2.75, 3.05) is 26.6 Å². The highest BCUT2D eigenvalue weighted by Crippen LogP contribution is 2.44. The van der Waals surface area contributed by atoms with E-state index in [2.05, 4.69) is 16.4 Å². The molecule has 8 nitrogen and oxygen atoms in total. The highest BCUT2D eigenvalue weighted by molar-refractivity contribution is 8.00. The van der Waals surface area contributed by atoms with Gasteiger partial charge in [0.1, 0.15) is 11.1 Å². The van der Waals surface area contributed by atoms with Crippen LogP contribution in [0.3, 0.4) is 0 Å². The molecule has 1 atom stereocenters. The van der Waals surface area contributed by atoms with Crippen LogP contribution in [0.25, 0.3) is 33.6 Å². The van der Waals surface area contributed by atoms with Gasteiger partial charge in [0.25, 0.3) is 0 Å². The number of carbonyl (C=O) groups excluding carboxylic acids is 1. The molecule has 1 N–H and O–H groups in total. The van der Waals surface area contributed by atoms with E-state index in [-0.39, 0.29) is 5.91 Å². The van der Waals surface area contributed by atoms with Crippen molar-refractivity contribution in [3.05, 3.63) is 88.8 Å². The fourth-order valence-corrected chi connectivity index (χ4v) is 6.22. The number of aromatic nitrogens is 2. The number of hydrogen-bond donors (Lipinski definition) is 1. The summed E-state index contributed by atoms with van der Waals surface area (Å²) < 4.78 is 16.6. The minimum atomic E-state index is -0.601. The topological polar surface area (TPSA) is 106 Å². The largest absolute Gasteiger partial charge is 0.493 e. The maximum absolute atomic E-state index is 13.3. The molecule has 1 unspecified atom stereocenters. The van der Waals surface area contributed by atoms with Crippen molar-refractivity contribution >= 4 is 45.7 Å². The van der Waals surface area contributed by atoms with Crippen LogP contribution in [0.15, 0.2) is 83.2 Å². The van der Waals surface area contributed by atoms with E-state index in [1.165, 1.54) is 44.4 Å². The molecule has 2 heterocycles. The van der Waals surface area contributed by atoms with Crippen molar-refractivity contribution in [2.45, 2.75) is 17.2 Å². The maximum Gasteiger partial charge on any atom is 0.239 e. The summed E-state index contributed by atoms with van der Waals surface area (Å²) in [6, 6.07) is 24.7. The van der Waals surface area contributed by atoms with Crippen molar-refractivity contribution in [1.29, 1.82) is 5.26 Å². The van der Waals surface area contributed by atoms with Crippen molar-refractivity contribution in [2.24, 2.45) is 0 Å². The molecule has 0 saturated heterocycles. The third kappa shape index (κ3) is 6.65. The maximum atomic E-state index is 13.3. The summed E-state index contributed by atoms with van der Waals surface area (Å²) >= 11 is 8.54. The van der Waals surface area contributed by atoms with E-state index in [1.54, 1.807) is 31.2 Å². The number of nitriles is 1. The van der Waals surface area contributed by atoms with Crippen molar-refractivity contribution in [3.63, 3.8) is 0 Å². The molecule has 0 saturated carbocycles. The van der Waals surface area contributed by atoms with Crippen LogP contribution in [0.1, 0.15) is 12.5 Å². The molecule has 222 valence electrons. The van der Waals surface area contributed by atoms with Gasteiger partial charge in [0.15, 0.2) is 16.6 Å². The molecule has 0 radical (unpaired) electrons. The van der Waals surface area contributed by atoms with E-state index < -0.39 is 5.25 Å². The molecular formula is C33H27ClN4O4S2. The van der Waals surface area contributed by atoms with Crippen LogP contribution in [0.5, 0.6) is 17.2 Å². The summed E-state index contributed by atoms with van der Waals surface area (Å²) in [5, 5.41) is 16.1. The summed E-state index contributed by atoms with van der Waals surface area (Å²) in [5.41, 5.74) is 4.76. The molecule has 5 aromatic rings. The fraction of sp³-hybridized carbons (Fsp3) is 0.152. The van der Waals surface area contributed by atoms with Crippen molar-refractivity contribution in [3.8, 4) is 57.0 Å². The average Bonchev–Trinajstić information content (AvgIpc) is 3.52. The van der Waals surface area contributed by atoms with Gasteiger partial charge in [-0.05, 0) is 42.8 Å². The number of halogens is 1. The molecule has 0 spiro atoms. The lowest BCUT2D eigenvalue weighted by Gasteiger charge is -2.17. The van der Waals surface area contributed by atoms with Crippen molar-refractivity contribution in [1.82, 2.24) is 9.97 Å². The van der Waals surface area contributed by atoms with Crippen LogP contribution >= 0.6 is 34.7 Å². The summed E-state index contributed by atoms with van der Waals surface area (Å²) in [6.45, 7) is 1.77. The number of nitrogens with zero attached hydrogens (tertiary/aromatic N) is 3. The molecule has 0 fully saturated rings. The Morgan fingerprint density at radius 3 is 2.18 bits per heavy atom. The molecule has 1 amide bonds. The predicted molar refractivity (Wildman–Crippen MR) is 176 cm³/mol. The number of methoxy groups -OCH3 is 3. The number of thioether (sulfide) groups is 1. The van der Waals surface area contributed by atoms with E-state index in [9.17, 15) is 10.1 Å². The minimum Gasteiger partial charge on any atom is -0.493 e. The molecule has 2 aromatic heterocycles. The zero-order chi connectivity index (χ0) is 31.2. The normalized spacial score (nSPS) is 11.4. The molecule has 44 heavy (non-hydrogen) atoms. The minimum absolute atomic E-state index is 0.267. The molecule has 0 aliphatic rings. The van der Waals surface area contributed by atoms with E-state index in [0.29, 0.717) is 54.8 Å². The van der Waals surface area contributed by atoms with Crippen LogP contribution in [-0.2, 0) is 4.79 Å². The third-order valence-electron chi connectivity index (χ3n) is 6.68. The van der Waals surface area contributed by atoms with Gasteiger partial charge < -0.3 is 19.5 Å². The van der Waals surface area contributed by atoms with Crippen LogP contribution in [-0.4, -0.2) is 42.5 Å². The first-order valence-corrected chi connectivity index (χ1v) is 15.5. The van der Waals surface area contributed by atoms with Crippen LogP contribution in [0.2, 0.25) is 5.02 Å². The lowest BCUT2D eigenvalue weighted by Crippen LogP contribution is -2.22. The first-order chi connectivity index (χ1) is 21.3. The number of carbonyl (C=O) groups is 1. The Morgan fingerprint density at radius 1 is 0.909 bits per heavy atom. The average molecular weight is 643 g/mol. The van der Waals surface area contributed by atoms with E-state index in [4.69, 9.17) is 30.8 Å². The van der Waals surface area contributed by atoms with Gasteiger partial charge >= 0.3 is 0 Å². The second-order valence-corrected chi connectivity index (χ2v) is 12.0. The lowest BCUT2D eigenvalue weighted by atomic mass is 9.98. The van der Waals surface area contributed by atoms with Crippen LogP contribution < -0.4 is 19.5 Å². The Morgan fingerprint density at radius 2 is 1.57 bits per heavy atom. The number of thiazole rings is 1. The number of amides is 1. The molecule has 0 bridgehead atoms. The van der Waals surface area contributed by atoms with Gasteiger partial charge in [-0.15, -0.1) is 11.3 Å². The van der Waals surface area contributed by atoms with E-state index in [0.717, 1.165) is 16.8 Å². The quantitative estimate of drug-likeness (QED) is 0.152. The van der Waals surface area contributed by atoms with Gasteiger partial charge in [-0.1, -0.05) is 65.8 Å². The lowest BCUT2D eigenvalue weighted by molar-refractivity contribution is -0.115. The number of anilines is 1. The summed E-state index contributed by atoms with van der Waals surface area (Å²) in [5.74, 6) is 1.08. The van der Waals surface area contributed by atoms with Gasteiger partial charge in [-0.3, -0.25) is 4.79 Å². The number of nitrogens with one attached hydrogen (secondary N) is 1. The second kappa shape index (κ2) is 13.8. The SMILES string of the molecule is COc1cc(-c2cc(-c3ccccc3)nc(SC(C)C(=O)Nc3nc(-c4ccc(Cl)cc4)cs3)c2C#N)cc(OC)c1OC. The molecule has 11 heteroatoms. The van der Waals surface area contributed by atoms with Gasteiger partial charge in [-0.2, -0.15) is 5.26 Å². The molecule has 5 rings (SSSR count). The van der Waals surface area contributed by atoms with Gasteiger partial charge in [-0.25, -0.2) is 9.97 Å². The highest BCUT2D eigenvalue weighted by Gasteiger charge is 2.24. The monoisotopic (exact) mass is 642 g/mol. The molecule has 3 aromatic carbocycles. The van der Waals surface area contributed by atoms with Gasteiger partial charge in [0.05, 0.1) is 43.5 Å². The van der Waals surface area contributed by atoms with Crippen LogP contribution in [0, 0.1) is 11.3 Å². The van der Waals surface area contributed by atoms with E-state index >= 15 is 0 Å². The molecule has 0 aliphatic heterocycles. The first kappa shape index (κ1) is 30.9. The summed E-state index contributed by atoms with van der Waals surface area (Å²) in [4.78, 5) is 22.7. The number of hydrogen-bond acceptors (Lipinski definition) is 9. The number of ether oxygens (including phenoxy) is 3. The Labute approximate surface area is 268 Å². The van der Waals surface area contributed by atoms with E-state index in [1.807, 2.05) is 53.9 Å². The smallest absolute Gasteiger partial charge is 0.239 e. The predicted octanol–water partition coefficient (Wildman–Crippen LogP) is 8.21. The summed E-state index contributed by atoms with van der Waals surface area (Å²) in [7, 11) is 4.61. The third-order valence-corrected chi connectivity index (χ3v) is 8.77. The highest BCUT2D eigenvalue weighted by atomic mass is 35.5.